The number of likely N-dealkylation sites (tertiary alicyclic amines) is 1. The molecule has 3 heterocycles. The number of benzene rings is 1. The monoisotopic (exact) mass is 467 g/mol. The van der Waals surface area contributed by atoms with Crippen LogP contribution in [0.4, 0.5) is 0 Å². The van der Waals surface area contributed by atoms with E-state index in [1.165, 1.54) is 83.4 Å². The smallest absolute Gasteiger partial charge is 0.165 e. The molecule has 1 aromatic carbocycles. The van der Waals surface area contributed by atoms with Gasteiger partial charge in [-0.15, -0.1) is 0 Å². The number of hydrogen-bond donors (Lipinski definition) is 0. The lowest BCUT2D eigenvalue weighted by Gasteiger charge is -2.47. The van der Waals surface area contributed by atoms with Gasteiger partial charge in [-0.05, 0) is 76.4 Å². The van der Waals surface area contributed by atoms with E-state index in [0.717, 1.165) is 38.1 Å². The Hall–Kier alpha value is -1.27. The van der Waals surface area contributed by atoms with E-state index < -0.39 is 0 Å². The third-order valence-electron chi connectivity index (χ3n) is 8.73. The summed E-state index contributed by atoms with van der Waals surface area (Å²) in [5.74, 6) is 1.33. The number of fused-ring (bicyclic) bond motifs is 1. The molecule has 188 valence electrons. The fourth-order valence-electron chi connectivity index (χ4n) is 6.29. The van der Waals surface area contributed by atoms with Gasteiger partial charge < -0.3 is 9.64 Å². The van der Waals surface area contributed by atoms with Gasteiger partial charge in [0.15, 0.2) is 5.78 Å². The molecular formula is C29H45N3O2. The molecule has 5 heteroatoms. The zero-order valence-electron chi connectivity index (χ0n) is 21.3. The number of piperazine rings is 1. The summed E-state index contributed by atoms with van der Waals surface area (Å²) in [6.07, 6.45) is 10.5. The maximum atomic E-state index is 12.3. The first kappa shape index (κ1) is 24.4. The molecule has 3 aliphatic heterocycles. The topological polar surface area (TPSA) is 36.0 Å². The van der Waals surface area contributed by atoms with Crippen molar-refractivity contribution in [3.05, 3.63) is 35.4 Å². The standard InChI is InChI=1S/C29H45N3O2/c1-23(34-19-5-16-30-14-3-2-4-15-30)27-12-13-28-22-31(17-18-32(28)21-27)20-24-6-8-25(9-7-24)29(33)26-10-11-26/h6-9,23,26-28H,2-5,10-22H2,1H3. The normalized spacial score (nSPS) is 27.9. The number of ether oxygens (including phenoxy) is 1. The predicted molar refractivity (Wildman–Crippen MR) is 137 cm³/mol. The first-order chi connectivity index (χ1) is 16.7. The largest absolute Gasteiger partial charge is 0.378 e. The number of hydrogen-bond acceptors (Lipinski definition) is 5. The molecule has 4 fully saturated rings. The lowest BCUT2D eigenvalue weighted by atomic mass is 9.88. The van der Waals surface area contributed by atoms with Crippen LogP contribution in [0, 0.1) is 11.8 Å². The number of piperidine rings is 2. The molecule has 0 spiro atoms. The Bertz CT molecular complexity index is 787. The summed E-state index contributed by atoms with van der Waals surface area (Å²) in [5.41, 5.74) is 2.23. The van der Waals surface area contributed by atoms with Gasteiger partial charge in [0, 0.05) is 63.4 Å². The molecule has 0 N–H and O–H groups in total. The van der Waals surface area contributed by atoms with Crippen LogP contribution in [-0.2, 0) is 11.3 Å². The molecule has 1 aliphatic carbocycles. The van der Waals surface area contributed by atoms with Crippen molar-refractivity contribution in [2.45, 2.75) is 77.0 Å². The number of nitrogens with zero attached hydrogens (tertiary/aromatic N) is 3. The van der Waals surface area contributed by atoms with Crippen molar-refractivity contribution in [3.8, 4) is 0 Å². The van der Waals surface area contributed by atoms with Crippen molar-refractivity contribution >= 4 is 5.78 Å². The summed E-state index contributed by atoms with van der Waals surface area (Å²) < 4.78 is 6.31. The molecule has 5 rings (SSSR count). The van der Waals surface area contributed by atoms with Gasteiger partial charge >= 0.3 is 0 Å². The average Bonchev–Trinajstić information content (AvgIpc) is 3.72. The highest BCUT2D eigenvalue weighted by Crippen LogP contribution is 2.33. The van der Waals surface area contributed by atoms with E-state index in [2.05, 4.69) is 33.8 Å². The van der Waals surface area contributed by atoms with Gasteiger partial charge in [0.1, 0.15) is 0 Å². The molecule has 3 saturated heterocycles. The van der Waals surface area contributed by atoms with Crippen LogP contribution in [0.2, 0.25) is 0 Å². The summed E-state index contributed by atoms with van der Waals surface area (Å²) in [4.78, 5) is 20.2. The van der Waals surface area contributed by atoms with E-state index in [9.17, 15) is 4.79 Å². The molecule has 5 nitrogen and oxygen atoms in total. The molecule has 1 aromatic rings. The molecule has 3 atom stereocenters. The van der Waals surface area contributed by atoms with Crippen molar-refractivity contribution in [2.75, 3.05) is 52.4 Å². The number of carbonyl (C=O) groups is 1. The van der Waals surface area contributed by atoms with Crippen molar-refractivity contribution in [1.29, 1.82) is 0 Å². The third-order valence-corrected chi connectivity index (χ3v) is 8.73. The van der Waals surface area contributed by atoms with Crippen molar-refractivity contribution in [2.24, 2.45) is 11.8 Å². The van der Waals surface area contributed by atoms with Crippen LogP contribution in [0.3, 0.4) is 0 Å². The lowest BCUT2D eigenvalue weighted by molar-refractivity contribution is -0.0377. The molecule has 0 radical (unpaired) electrons. The Morgan fingerprint density at radius 2 is 1.74 bits per heavy atom. The van der Waals surface area contributed by atoms with Crippen LogP contribution in [0.5, 0.6) is 0 Å². The SMILES string of the molecule is CC(OCCCN1CCCCC1)C1CCC2CN(Cc3ccc(C(=O)C4CC4)cc3)CCN2C1. The minimum atomic E-state index is 0.307. The molecular weight excluding hydrogens is 422 g/mol. The zero-order chi connectivity index (χ0) is 23.3. The maximum Gasteiger partial charge on any atom is 0.165 e. The second-order valence-corrected chi connectivity index (χ2v) is 11.4. The van der Waals surface area contributed by atoms with E-state index in [1.54, 1.807) is 0 Å². The highest BCUT2D eigenvalue weighted by Gasteiger charge is 2.35. The Morgan fingerprint density at radius 1 is 0.941 bits per heavy atom. The first-order valence-corrected chi connectivity index (χ1v) is 14.1. The van der Waals surface area contributed by atoms with E-state index in [1.807, 2.05) is 12.1 Å². The van der Waals surface area contributed by atoms with Crippen molar-refractivity contribution < 1.29 is 9.53 Å². The van der Waals surface area contributed by atoms with Gasteiger partial charge in [0.05, 0.1) is 6.10 Å². The summed E-state index contributed by atoms with van der Waals surface area (Å²) >= 11 is 0. The molecule has 0 aromatic heterocycles. The Labute approximate surface area is 206 Å². The fourth-order valence-corrected chi connectivity index (χ4v) is 6.29. The quantitative estimate of drug-likeness (QED) is 0.375. The second kappa shape index (κ2) is 11.6. The van der Waals surface area contributed by atoms with Crippen LogP contribution in [-0.4, -0.2) is 85.0 Å². The molecule has 3 unspecified atom stereocenters. The summed E-state index contributed by atoms with van der Waals surface area (Å²) in [6, 6.07) is 9.12. The fraction of sp³-hybridized carbons (Fsp3) is 0.759. The number of rotatable bonds is 10. The lowest BCUT2D eigenvalue weighted by Crippen LogP contribution is -2.57. The van der Waals surface area contributed by atoms with Crippen LogP contribution >= 0.6 is 0 Å². The Morgan fingerprint density at radius 3 is 2.50 bits per heavy atom. The first-order valence-electron chi connectivity index (χ1n) is 14.1. The summed E-state index contributed by atoms with van der Waals surface area (Å²) in [7, 11) is 0. The summed E-state index contributed by atoms with van der Waals surface area (Å²) in [6.45, 7) is 12.7. The number of Topliss-reactive ketones (excluding diaryl/α,β-unsaturated/α-hetero) is 1. The molecule has 4 aliphatic rings. The number of carbonyl (C=O) groups excluding carboxylic acids is 1. The Balaban J connectivity index is 1.01. The van der Waals surface area contributed by atoms with Gasteiger partial charge in [0.25, 0.3) is 0 Å². The molecule has 1 saturated carbocycles. The van der Waals surface area contributed by atoms with Crippen LogP contribution in [0.15, 0.2) is 24.3 Å². The van der Waals surface area contributed by atoms with Gasteiger partial charge in [-0.3, -0.25) is 14.6 Å². The van der Waals surface area contributed by atoms with Crippen molar-refractivity contribution in [1.82, 2.24) is 14.7 Å². The van der Waals surface area contributed by atoms with Crippen LogP contribution < -0.4 is 0 Å². The van der Waals surface area contributed by atoms with Gasteiger partial charge in [-0.25, -0.2) is 0 Å². The maximum absolute atomic E-state index is 12.3. The van der Waals surface area contributed by atoms with E-state index in [-0.39, 0.29) is 0 Å². The average molecular weight is 468 g/mol. The van der Waals surface area contributed by atoms with E-state index in [0.29, 0.717) is 29.8 Å². The highest BCUT2D eigenvalue weighted by molar-refractivity contribution is 5.99. The predicted octanol–water partition coefficient (Wildman–Crippen LogP) is 4.46. The minimum Gasteiger partial charge on any atom is -0.378 e. The number of ketones is 1. The second-order valence-electron chi connectivity index (χ2n) is 11.4. The van der Waals surface area contributed by atoms with Gasteiger partial charge in [-0.1, -0.05) is 30.7 Å². The molecule has 0 amide bonds. The minimum absolute atomic E-state index is 0.307. The third kappa shape index (κ3) is 6.48. The van der Waals surface area contributed by atoms with E-state index in [4.69, 9.17) is 4.74 Å². The summed E-state index contributed by atoms with van der Waals surface area (Å²) in [5, 5.41) is 0. The van der Waals surface area contributed by atoms with Crippen molar-refractivity contribution in [3.63, 3.8) is 0 Å². The highest BCUT2D eigenvalue weighted by atomic mass is 16.5. The molecule has 34 heavy (non-hydrogen) atoms. The van der Waals surface area contributed by atoms with Crippen LogP contribution in [0.1, 0.15) is 74.2 Å². The Kier molecular flexibility index (Phi) is 8.36. The zero-order valence-corrected chi connectivity index (χ0v) is 21.3. The van der Waals surface area contributed by atoms with Gasteiger partial charge in [0.2, 0.25) is 0 Å². The van der Waals surface area contributed by atoms with Gasteiger partial charge in [-0.2, -0.15) is 0 Å². The van der Waals surface area contributed by atoms with E-state index >= 15 is 0 Å². The van der Waals surface area contributed by atoms with Crippen LogP contribution in [0.25, 0.3) is 0 Å². The molecule has 0 bridgehead atoms.